The maximum Gasteiger partial charge on any atom is 0.408 e. The first-order valence-corrected chi connectivity index (χ1v) is 13.9. The fourth-order valence-electron chi connectivity index (χ4n) is 4.69. The Balaban J connectivity index is 1.46. The topological polar surface area (TPSA) is 90.0 Å². The number of amides is 1. The van der Waals surface area contributed by atoms with Crippen LogP contribution in [0.4, 0.5) is 4.79 Å². The Morgan fingerprint density at radius 3 is 2.63 bits per heavy atom. The number of hydrogen-bond acceptors (Lipinski definition) is 7. The largest absolute Gasteiger partial charge is 0.467 e. The first-order valence-electron chi connectivity index (χ1n) is 13.9. The predicted octanol–water partition coefficient (Wildman–Crippen LogP) is 4.48. The van der Waals surface area contributed by atoms with Crippen molar-refractivity contribution in [2.24, 2.45) is 0 Å². The first-order chi connectivity index (χ1) is 18.6. The number of nitrogens with one attached hydrogen (secondary N) is 1. The lowest BCUT2D eigenvalue weighted by molar-refractivity contribution is -0.143. The minimum absolute atomic E-state index is 0.139. The van der Waals surface area contributed by atoms with E-state index in [2.05, 4.69) is 22.3 Å². The number of rotatable bonds is 16. The molecular formula is C30H43N3O5. The number of methoxy groups -OCH3 is 1. The lowest BCUT2D eigenvalue weighted by atomic mass is 9.95. The summed E-state index contributed by atoms with van der Waals surface area (Å²) in [6.07, 6.45) is 7.58. The van der Waals surface area contributed by atoms with Gasteiger partial charge in [0.25, 0.3) is 0 Å². The Bertz CT molecular complexity index is 985. The van der Waals surface area contributed by atoms with Crippen LogP contribution in [0, 0.1) is 0 Å². The van der Waals surface area contributed by atoms with Crippen molar-refractivity contribution >= 4 is 12.1 Å². The zero-order chi connectivity index (χ0) is 27.0. The van der Waals surface area contributed by atoms with E-state index in [4.69, 9.17) is 19.2 Å². The van der Waals surface area contributed by atoms with Crippen molar-refractivity contribution in [1.82, 2.24) is 15.2 Å². The van der Waals surface area contributed by atoms with Crippen LogP contribution in [-0.4, -0.2) is 67.9 Å². The summed E-state index contributed by atoms with van der Waals surface area (Å²) in [5, 5.41) is 2.67. The number of nitrogens with zero attached hydrogens (tertiary/aromatic N) is 2. The van der Waals surface area contributed by atoms with Crippen molar-refractivity contribution in [2.45, 2.75) is 70.9 Å². The van der Waals surface area contributed by atoms with Gasteiger partial charge in [0.15, 0.2) is 0 Å². The first kappa shape index (κ1) is 29.6. The van der Waals surface area contributed by atoms with Gasteiger partial charge in [-0.05, 0) is 82.0 Å². The number of aryl methyl sites for hydroxylation is 3. The molecule has 38 heavy (non-hydrogen) atoms. The Labute approximate surface area is 227 Å². The molecule has 8 nitrogen and oxygen atoms in total. The monoisotopic (exact) mass is 525 g/mol. The molecule has 0 saturated carbocycles. The molecule has 1 heterocycles. The highest BCUT2D eigenvalue weighted by molar-refractivity contribution is 5.81. The molecule has 1 atom stereocenters. The summed E-state index contributed by atoms with van der Waals surface area (Å²) in [4.78, 5) is 31.9. The van der Waals surface area contributed by atoms with Gasteiger partial charge < -0.3 is 24.4 Å². The molecule has 0 unspecified atom stereocenters. The average Bonchev–Trinajstić information content (AvgIpc) is 2.96. The number of carbonyl (C=O) groups is 2. The van der Waals surface area contributed by atoms with Crippen molar-refractivity contribution < 1.29 is 23.8 Å². The molecule has 8 heteroatoms. The smallest absolute Gasteiger partial charge is 0.408 e. The van der Waals surface area contributed by atoms with Gasteiger partial charge in [-0.25, -0.2) is 9.59 Å². The van der Waals surface area contributed by atoms with E-state index >= 15 is 0 Å². The second kappa shape index (κ2) is 16.8. The highest BCUT2D eigenvalue weighted by Crippen LogP contribution is 2.20. The molecule has 1 aromatic heterocycles. The van der Waals surface area contributed by atoms with Crippen LogP contribution in [-0.2, 0) is 44.9 Å². The Kier molecular flexibility index (Phi) is 13.1. The van der Waals surface area contributed by atoms with E-state index in [-0.39, 0.29) is 6.61 Å². The number of aromatic nitrogens is 1. The molecule has 0 bridgehead atoms. The van der Waals surface area contributed by atoms with E-state index in [1.165, 1.54) is 36.9 Å². The standard InChI is InChI=1S/C30H43N3O5/c1-3-37-22-21-33(19-10-9-14-26-17-16-25-13-7-8-15-27(25)31-26)20-18-28(29(34)36-2)32-30(35)38-23-24-11-5-4-6-12-24/h4-6,11-12,16-17,28H,3,7-10,13-15,18-23H2,1-2H3,(H,32,35)/t28-/m0/s1. The molecule has 1 amide bonds. The van der Waals surface area contributed by atoms with Crippen molar-refractivity contribution in [3.05, 3.63) is 65.0 Å². The number of esters is 1. The predicted molar refractivity (Wildman–Crippen MR) is 147 cm³/mol. The lowest BCUT2D eigenvalue weighted by Crippen LogP contribution is -2.44. The van der Waals surface area contributed by atoms with Crippen LogP contribution in [0.2, 0.25) is 0 Å². The lowest BCUT2D eigenvalue weighted by Gasteiger charge is -2.24. The zero-order valence-electron chi connectivity index (χ0n) is 23.0. The van der Waals surface area contributed by atoms with Gasteiger partial charge in [-0.15, -0.1) is 0 Å². The van der Waals surface area contributed by atoms with Gasteiger partial charge in [0, 0.05) is 31.1 Å². The SMILES string of the molecule is CCOCCN(CCCCc1ccc2c(n1)CCCC2)CC[C@H](NC(=O)OCc1ccccc1)C(=O)OC. The maximum atomic E-state index is 12.4. The van der Waals surface area contributed by atoms with Crippen molar-refractivity contribution in [1.29, 1.82) is 0 Å². The van der Waals surface area contributed by atoms with Crippen LogP contribution in [0.5, 0.6) is 0 Å². The summed E-state index contributed by atoms with van der Waals surface area (Å²) in [7, 11) is 1.33. The highest BCUT2D eigenvalue weighted by Gasteiger charge is 2.23. The van der Waals surface area contributed by atoms with Gasteiger partial charge in [-0.3, -0.25) is 4.98 Å². The molecule has 1 N–H and O–H groups in total. The number of alkyl carbamates (subject to hydrolysis) is 1. The second-order valence-electron chi connectivity index (χ2n) is 9.68. The van der Waals surface area contributed by atoms with Gasteiger partial charge in [0.05, 0.1) is 13.7 Å². The molecule has 1 aliphatic rings. The molecule has 208 valence electrons. The van der Waals surface area contributed by atoms with E-state index < -0.39 is 18.1 Å². The Hall–Kier alpha value is -2.97. The Morgan fingerprint density at radius 1 is 1.03 bits per heavy atom. The van der Waals surface area contributed by atoms with Crippen LogP contribution >= 0.6 is 0 Å². The fraction of sp³-hybridized carbons (Fsp3) is 0.567. The fourth-order valence-corrected chi connectivity index (χ4v) is 4.69. The van der Waals surface area contributed by atoms with Crippen molar-refractivity contribution in [3.8, 4) is 0 Å². The normalized spacial score (nSPS) is 13.6. The molecular weight excluding hydrogens is 482 g/mol. The summed E-state index contributed by atoms with van der Waals surface area (Å²) in [6, 6.07) is 13.1. The van der Waals surface area contributed by atoms with Gasteiger partial charge >= 0.3 is 12.1 Å². The van der Waals surface area contributed by atoms with Crippen LogP contribution in [0.15, 0.2) is 42.5 Å². The van der Waals surface area contributed by atoms with Gasteiger partial charge in [0.1, 0.15) is 12.6 Å². The summed E-state index contributed by atoms with van der Waals surface area (Å²) >= 11 is 0. The Morgan fingerprint density at radius 2 is 1.84 bits per heavy atom. The van der Waals surface area contributed by atoms with Gasteiger partial charge in [0.2, 0.25) is 0 Å². The molecule has 0 aliphatic heterocycles. The average molecular weight is 526 g/mol. The number of ether oxygens (including phenoxy) is 3. The van der Waals surface area contributed by atoms with Crippen LogP contribution in [0.1, 0.15) is 61.5 Å². The molecule has 0 spiro atoms. The van der Waals surface area contributed by atoms with E-state index in [9.17, 15) is 9.59 Å². The number of unbranched alkanes of at least 4 members (excludes halogenated alkanes) is 1. The van der Waals surface area contributed by atoms with E-state index in [0.29, 0.717) is 26.2 Å². The number of carbonyl (C=O) groups excluding carboxylic acids is 2. The summed E-state index contributed by atoms with van der Waals surface area (Å²) < 4.78 is 15.8. The number of hydrogen-bond donors (Lipinski definition) is 1. The third-order valence-corrected chi connectivity index (χ3v) is 6.87. The summed E-state index contributed by atoms with van der Waals surface area (Å²) in [5.74, 6) is -0.482. The molecule has 0 fully saturated rings. The van der Waals surface area contributed by atoms with Crippen LogP contribution < -0.4 is 5.32 Å². The van der Waals surface area contributed by atoms with E-state index in [0.717, 1.165) is 50.8 Å². The molecule has 2 aromatic rings. The molecule has 3 rings (SSSR count). The molecule has 1 aromatic carbocycles. The minimum Gasteiger partial charge on any atom is -0.467 e. The van der Waals surface area contributed by atoms with Gasteiger partial charge in [-0.1, -0.05) is 36.4 Å². The third kappa shape index (κ3) is 10.4. The van der Waals surface area contributed by atoms with Crippen LogP contribution in [0.3, 0.4) is 0 Å². The van der Waals surface area contributed by atoms with Crippen molar-refractivity contribution in [3.63, 3.8) is 0 Å². The van der Waals surface area contributed by atoms with Gasteiger partial charge in [-0.2, -0.15) is 0 Å². The highest BCUT2D eigenvalue weighted by atomic mass is 16.6. The molecule has 0 radical (unpaired) electrons. The summed E-state index contributed by atoms with van der Waals surface area (Å²) in [6.45, 7) is 5.68. The summed E-state index contributed by atoms with van der Waals surface area (Å²) in [5.41, 5.74) is 4.76. The number of pyridine rings is 1. The molecule has 0 saturated heterocycles. The van der Waals surface area contributed by atoms with E-state index in [1.807, 2.05) is 37.3 Å². The zero-order valence-corrected chi connectivity index (χ0v) is 23.0. The minimum atomic E-state index is -0.780. The molecule has 1 aliphatic carbocycles. The third-order valence-electron chi connectivity index (χ3n) is 6.87. The van der Waals surface area contributed by atoms with Crippen molar-refractivity contribution in [2.75, 3.05) is 40.0 Å². The number of fused-ring (bicyclic) bond motifs is 1. The maximum absolute atomic E-state index is 12.4. The van der Waals surface area contributed by atoms with E-state index in [1.54, 1.807) is 0 Å². The number of benzene rings is 1. The quantitative estimate of drug-likeness (QED) is 0.255. The van der Waals surface area contributed by atoms with Crippen LogP contribution in [0.25, 0.3) is 0 Å². The second-order valence-corrected chi connectivity index (χ2v) is 9.68.